The van der Waals surface area contributed by atoms with E-state index in [4.69, 9.17) is 5.73 Å². The summed E-state index contributed by atoms with van der Waals surface area (Å²) in [5.41, 5.74) is 4.59. The number of carbonyl (C=O) groups excluding carboxylic acids is 2. The Kier molecular flexibility index (Phi) is 3.12. The first-order chi connectivity index (χ1) is 7.90. The van der Waals surface area contributed by atoms with Crippen molar-refractivity contribution in [1.29, 1.82) is 0 Å². The SMILES string of the molecule is CC(C)(CNC(=O)C1CC2CCC1N2)C(N)=O. The number of fused-ring (bicyclic) bond motifs is 2. The van der Waals surface area contributed by atoms with E-state index in [1.54, 1.807) is 13.8 Å². The van der Waals surface area contributed by atoms with Gasteiger partial charge in [-0.05, 0) is 33.1 Å². The molecule has 2 saturated heterocycles. The lowest BCUT2D eigenvalue weighted by atomic mass is 9.87. The molecule has 2 aliphatic rings. The van der Waals surface area contributed by atoms with Crippen LogP contribution in [0.25, 0.3) is 0 Å². The first kappa shape index (κ1) is 12.4. The first-order valence-corrected chi connectivity index (χ1v) is 6.24. The molecule has 0 radical (unpaired) electrons. The Morgan fingerprint density at radius 3 is 2.59 bits per heavy atom. The van der Waals surface area contributed by atoms with Gasteiger partial charge in [-0.3, -0.25) is 9.59 Å². The van der Waals surface area contributed by atoms with Crippen molar-refractivity contribution in [1.82, 2.24) is 10.6 Å². The maximum atomic E-state index is 12.0. The average Bonchev–Trinajstić information content (AvgIpc) is 2.87. The van der Waals surface area contributed by atoms with Crippen LogP contribution in [0.4, 0.5) is 0 Å². The normalized spacial score (nSPS) is 31.5. The van der Waals surface area contributed by atoms with Crippen molar-refractivity contribution in [3.63, 3.8) is 0 Å². The van der Waals surface area contributed by atoms with Gasteiger partial charge in [0.2, 0.25) is 11.8 Å². The van der Waals surface area contributed by atoms with E-state index in [1.807, 2.05) is 0 Å². The second-order valence-electron chi connectivity index (χ2n) is 5.86. The Morgan fingerprint density at radius 1 is 1.41 bits per heavy atom. The number of hydrogen-bond acceptors (Lipinski definition) is 3. The summed E-state index contributed by atoms with van der Waals surface area (Å²) in [7, 11) is 0. The lowest BCUT2D eigenvalue weighted by molar-refractivity contribution is -0.128. The molecule has 2 aliphatic heterocycles. The minimum atomic E-state index is -0.680. The Bertz CT molecular complexity index is 341. The number of hydrogen-bond donors (Lipinski definition) is 3. The third-order valence-electron chi connectivity index (χ3n) is 4.01. The van der Waals surface area contributed by atoms with Crippen molar-refractivity contribution in [2.24, 2.45) is 17.1 Å². The predicted molar refractivity (Wildman–Crippen MR) is 64.0 cm³/mol. The molecule has 96 valence electrons. The van der Waals surface area contributed by atoms with E-state index < -0.39 is 5.41 Å². The summed E-state index contributed by atoms with van der Waals surface area (Å²) in [5, 5.41) is 6.28. The monoisotopic (exact) mass is 239 g/mol. The molecule has 0 aromatic carbocycles. The summed E-state index contributed by atoms with van der Waals surface area (Å²) in [6.45, 7) is 3.80. The lowest BCUT2D eigenvalue weighted by Crippen LogP contribution is -2.45. The number of amides is 2. The van der Waals surface area contributed by atoms with Crippen LogP contribution < -0.4 is 16.4 Å². The van der Waals surface area contributed by atoms with Gasteiger partial charge < -0.3 is 16.4 Å². The highest BCUT2D eigenvalue weighted by Crippen LogP contribution is 2.33. The molecular formula is C12H21N3O2. The van der Waals surface area contributed by atoms with E-state index in [2.05, 4.69) is 10.6 Å². The van der Waals surface area contributed by atoms with E-state index in [0.717, 1.165) is 12.8 Å². The third-order valence-corrected chi connectivity index (χ3v) is 4.01. The van der Waals surface area contributed by atoms with Crippen molar-refractivity contribution < 1.29 is 9.59 Å². The maximum Gasteiger partial charge on any atom is 0.224 e. The zero-order chi connectivity index (χ0) is 12.6. The summed E-state index contributed by atoms with van der Waals surface area (Å²) < 4.78 is 0. The van der Waals surface area contributed by atoms with Crippen LogP contribution in [0.2, 0.25) is 0 Å². The number of nitrogens with one attached hydrogen (secondary N) is 2. The van der Waals surface area contributed by atoms with Crippen LogP contribution in [0.1, 0.15) is 33.1 Å². The number of carbonyl (C=O) groups is 2. The third kappa shape index (κ3) is 2.44. The van der Waals surface area contributed by atoms with Crippen molar-refractivity contribution in [3.8, 4) is 0 Å². The minimum absolute atomic E-state index is 0.0547. The molecule has 4 N–H and O–H groups in total. The Balaban J connectivity index is 1.84. The van der Waals surface area contributed by atoms with Gasteiger partial charge in [0, 0.05) is 18.6 Å². The van der Waals surface area contributed by atoms with Gasteiger partial charge in [-0.2, -0.15) is 0 Å². The Hall–Kier alpha value is -1.10. The van der Waals surface area contributed by atoms with E-state index >= 15 is 0 Å². The molecule has 2 fully saturated rings. The second kappa shape index (κ2) is 4.29. The molecule has 2 amide bonds. The smallest absolute Gasteiger partial charge is 0.224 e. The molecule has 0 aliphatic carbocycles. The van der Waals surface area contributed by atoms with Crippen LogP contribution in [0.3, 0.4) is 0 Å². The molecule has 0 saturated carbocycles. The van der Waals surface area contributed by atoms with Gasteiger partial charge in [0.25, 0.3) is 0 Å². The molecule has 0 aromatic rings. The Labute approximate surface area is 102 Å². The average molecular weight is 239 g/mol. The van der Waals surface area contributed by atoms with Crippen molar-refractivity contribution in [3.05, 3.63) is 0 Å². The number of nitrogens with two attached hydrogens (primary N) is 1. The summed E-state index contributed by atoms with van der Waals surface area (Å²) >= 11 is 0. The van der Waals surface area contributed by atoms with E-state index in [1.165, 1.54) is 6.42 Å². The molecule has 0 aromatic heterocycles. The standard InChI is InChI=1S/C12H21N3O2/c1-12(2,11(13)17)6-14-10(16)8-5-7-3-4-9(8)15-7/h7-9,15H,3-6H2,1-2H3,(H2,13,17)(H,14,16). The summed E-state index contributed by atoms with van der Waals surface area (Å²) in [4.78, 5) is 23.1. The van der Waals surface area contributed by atoms with Gasteiger partial charge in [-0.15, -0.1) is 0 Å². The predicted octanol–water partition coefficient (Wildman–Crippen LogP) is -0.245. The second-order valence-corrected chi connectivity index (χ2v) is 5.86. The van der Waals surface area contributed by atoms with Gasteiger partial charge in [0.15, 0.2) is 0 Å². The lowest BCUT2D eigenvalue weighted by Gasteiger charge is -2.24. The fourth-order valence-corrected chi connectivity index (χ4v) is 2.64. The highest BCUT2D eigenvalue weighted by molar-refractivity contribution is 5.83. The van der Waals surface area contributed by atoms with Crippen LogP contribution in [0, 0.1) is 11.3 Å². The minimum Gasteiger partial charge on any atom is -0.369 e. The fourth-order valence-electron chi connectivity index (χ4n) is 2.64. The van der Waals surface area contributed by atoms with E-state index in [-0.39, 0.29) is 17.7 Å². The van der Waals surface area contributed by atoms with Crippen molar-refractivity contribution >= 4 is 11.8 Å². The zero-order valence-corrected chi connectivity index (χ0v) is 10.5. The molecule has 3 unspecified atom stereocenters. The van der Waals surface area contributed by atoms with Crippen LogP contribution in [-0.2, 0) is 9.59 Å². The number of primary amides is 1. The molecule has 2 heterocycles. The molecular weight excluding hydrogens is 218 g/mol. The summed E-state index contributed by atoms with van der Waals surface area (Å²) in [6.07, 6.45) is 3.19. The van der Waals surface area contributed by atoms with E-state index in [0.29, 0.717) is 18.6 Å². The molecule has 0 spiro atoms. The van der Waals surface area contributed by atoms with Gasteiger partial charge >= 0.3 is 0 Å². The van der Waals surface area contributed by atoms with Crippen LogP contribution in [0.15, 0.2) is 0 Å². The molecule has 2 bridgehead atoms. The van der Waals surface area contributed by atoms with Crippen LogP contribution in [0.5, 0.6) is 0 Å². The maximum absolute atomic E-state index is 12.0. The topological polar surface area (TPSA) is 84.2 Å². The molecule has 2 rings (SSSR count). The highest BCUT2D eigenvalue weighted by atomic mass is 16.2. The van der Waals surface area contributed by atoms with Crippen LogP contribution in [-0.4, -0.2) is 30.4 Å². The molecule has 5 heteroatoms. The zero-order valence-electron chi connectivity index (χ0n) is 10.5. The van der Waals surface area contributed by atoms with E-state index in [9.17, 15) is 9.59 Å². The number of rotatable bonds is 4. The van der Waals surface area contributed by atoms with Gasteiger partial charge in [0.1, 0.15) is 0 Å². The first-order valence-electron chi connectivity index (χ1n) is 6.24. The van der Waals surface area contributed by atoms with Gasteiger partial charge in [-0.25, -0.2) is 0 Å². The molecule has 17 heavy (non-hydrogen) atoms. The quantitative estimate of drug-likeness (QED) is 0.633. The largest absolute Gasteiger partial charge is 0.369 e. The van der Waals surface area contributed by atoms with Crippen molar-refractivity contribution in [2.45, 2.75) is 45.2 Å². The highest BCUT2D eigenvalue weighted by Gasteiger charge is 2.43. The van der Waals surface area contributed by atoms with Crippen LogP contribution >= 0.6 is 0 Å². The molecule has 3 atom stereocenters. The van der Waals surface area contributed by atoms with Gasteiger partial charge in [0.05, 0.1) is 11.3 Å². The summed E-state index contributed by atoms with van der Waals surface area (Å²) in [6, 6.07) is 0.844. The molecule has 5 nitrogen and oxygen atoms in total. The van der Waals surface area contributed by atoms with Gasteiger partial charge in [-0.1, -0.05) is 0 Å². The fraction of sp³-hybridized carbons (Fsp3) is 0.833. The summed E-state index contributed by atoms with van der Waals surface area (Å²) in [5.74, 6) is -0.264. The van der Waals surface area contributed by atoms with Crippen molar-refractivity contribution in [2.75, 3.05) is 6.54 Å². The Morgan fingerprint density at radius 2 is 2.12 bits per heavy atom.